The van der Waals surface area contributed by atoms with E-state index in [9.17, 15) is 5.11 Å². The van der Waals surface area contributed by atoms with Crippen LogP contribution in [0.4, 0.5) is 0 Å². The molecule has 4 heteroatoms. The molecule has 1 N–H and O–H groups in total. The van der Waals surface area contributed by atoms with Gasteiger partial charge in [-0.25, -0.2) is 0 Å². The first-order valence-corrected chi connectivity index (χ1v) is 4.67. The molecule has 13 heavy (non-hydrogen) atoms. The number of aliphatic hydroxyl groups excluding tert-OH is 1. The van der Waals surface area contributed by atoms with E-state index >= 15 is 0 Å². The van der Waals surface area contributed by atoms with Gasteiger partial charge in [0.05, 0.1) is 12.2 Å². The number of ether oxygens (including phenoxy) is 3. The van der Waals surface area contributed by atoms with Crippen LogP contribution in [0.1, 0.15) is 27.2 Å². The van der Waals surface area contributed by atoms with E-state index in [1.54, 1.807) is 6.92 Å². The molecule has 0 spiro atoms. The first-order valence-electron chi connectivity index (χ1n) is 4.67. The van der Waals surface area contributed by atoms with Gasteiger partial charge in [-0.3, -0.25) is 0 Å². The van der Waals surface area contributed by atoms with Crippen molar-refractivity contribution in [2.75, 3.05) is 0 Å². The van der Waals surface area contributed by atoms with Crippen molar-refractivity contribution in [1.29, 1.82) is 0 Å². The Balaban J connectivity index is 1.97. The Bertz CT molecular complexity index is 186. The van der Waals surface area contributed by atoms with Crippen molar-refractivity contribution in [3.8, 4) is 0 Å². The maximum atomic E-state index is 9.30. The van der Waals surface area contributed by atoms with Gasteiger partial charge in [-0.1, -0.05) is 0 Å². The monoisotopic (exact) mass is 188 g/mol. The lowest BCUT2D eigenvalue weighted by atomic mass is 10.1. The number of rotatable bonds is 1. The van der Waals surface area contributed by atoms with Gasteiger partial charge in [-0.05, 0) is 20.8 Å². The van der Waals surface area contributed by atoms with Crippen molar-refractivity contribution < 1.29 is 19.3 Å². The average molecular weight is 188 g/mol. The summed E-state index contributed by atoms with van der Waals surface area (Å²) in [6.07, 6.45) is -0.206. The van der Waals surface area contributed by atoms with Crippen molar-refractivity contribution in [1.82, 2.24) is 0 Å². The molecule has 2 rings (SSSR count). The summed E-state index contributed by atoms with van der Waals surface area (Å²) in [7, 11) is 0. The van der Waals surface area contributed by atoms with E-state index in [2.05, 4.69) is 0 Å². The van der Waals surface area contributed by atoms with Gasteiger partial charge < -0.3 is 19.3 Å². The zero-order valence-corrected chi connectivity index (χ0v) is 8.19. The van der Waals surface area contributed by atoms with Crippen LogP contribution in [0.3, 0.4) is 0 Å². The summed E-state index contributed by atoms with van der Waals surface area (Å²) in [6, 6.07) is 0. The molecule has 2 aliphatic heterocycles. The molecule has 2 fully saturated rings. The highest BCUT2D eigenvalue weighted by Gasteiger charge is 2.49. The first-order chi connectivity index (χ1) is 5.98. The van der Waals surface area contributed by atoms with E-state index in [1.165, 1.54) is 0 Å². The molecule has 2 unspecified atom stereocenters. The maximum Gasteiger partial charge on any atom is 0.187 e. The predicted octanol–water partition coefficient (Wildman–Crippen LogP) is 0.634. The number of hydrogen-bond acceptors (Lipinski definition) is 4. The minimum atomic E-state index is -0.543. The van der Waals surface area contributed by atoms with Crippen LogP contribution in [-0.2, 0) is 14.2 Å². The molecule has 0 aliphatic carbocycles. The second-order valence-electron chi connectivity index (χ2n) is 4.19. The molecule has 2 heterocycles. The Morgan fingerprint density at radius 1 is 1.38 bits per heavy atom. The molecular formula is C9H16O4. The van der Waals surface area contributed by atoms with Crippen molar-refractivity contribution >= 4 is 0 Å². The third-order valence-corrected chi connectivity index (χ3v) is 2.45. The second-order valence-corrected chi connectivity index (χ2v) is 4.19. The molecule has 4 nitrogen and oxygen atoms in total. The third-order valence-electron chi connectivity index (χ3n) is 2.45. The molecule has 0 radical (unpaired) electrons. The summed E-state index contributed by atoms with van der Waals surface area (Å²) in [4.78, 5) is 0. The fourth-order valence-corrected chi connectivity index (χ4v) is 1.85. The van der Waals surface area contributed by atoms with E-state index in [-0.39, 0.29) is 18.5 Å². The van der Waals surface area contributed by atoms with Crippen LogP contribution >= 0.6 is 0 Å². The Labute approximate surface area is 77.8 Å². The van der Waals surface area contributed by atoms with Gasteiger partial charge in [0.2, 0.25) is 0 Å². The van der Waals surface area contributed by atoms with E-state index in [1.807, 2.05) is 13.8 Å². The Hall–Kier alpha value is -0.160. The van der Waals surface area contributed by atoms with Crippen molar-refractivity contribution in [2.24, 2.45) is 0 Å². The quantitative estimate of drug-likeness (QED) is 0.655. The summed E-state index contributed by atoms with van der Waals surface area (Å²) in [5.41, 5.74) is 0. The average Bonchev–Trinajstić information content (AvgIpc) is 2.39. The van der Waals surface area contributed by atoms with Gasteiger partial charge in [-0.15, -0.1) is 0 Å². The van der Waals surface area contributed by atoms with Gasteiger partial charge in [0.15, 0.2) is 12.1 Å². The van der Waals surface area contributed by atoms with E-state index < -0.39 is 11.9 Å². The van der Waals surface area contributed by atoms with Crippen molar-refractivity contribution in [3.05, 3.63) is 0 Å². The van der Waals surface area contributed by atoms with Crippen molar-refractivity contribution in [2.45, 2.75) is 57.6 Å². The van der Waals surface area contributed by atoms with Crippen molar-refractivity contribution in [3.63, 3.8) is 0 Å². The number of hydrogen-bond donors (Lipinski definition) is 1. The predicted molar refractivity (Wildman–Crippen MR) is 45.0 cm³/mol. The van der Waals surface area contributed by atoms with Crippen LogP contribution < -0.4 is 0 Å². The lowest BCUT2D eigenvalue weighted by Gasteiger charge is -2.21. The van der Waals surface area contributed by atoms with Crippen LogP contribution in [0.15, 0.2) is 0 Å². The summed E-state index contributed by atoms with van der Waals surface area (Å²) < 4.78 is 16.6. The summed E-state index contributed by atoms with van der Waals surface area (Å²) in [5, 5.41) is 9.30. The Morgan fingerprint density at radius 3 is 2.62 bits per heavy atom. The standard InChI is InChI=1S/C9H16O4/c1-5(10)6-4-7-8(11-6)13-9(2,3)12-7/h5-8,10H,4H2,1-3H3/t5-,6+,7?,8?/m1/s1. The van der Waals surface area contributed by atoms with E-state index in [0.29, 0.717) is 6.42 Å². The van der Waals surface area contributed by atoms with Crippen LogP contribution in [0, 0.1) is 0 Å². The smallest absolute Gasteiger partial charge is 0.187 e. The highest BCUT2D eigenvalue weighted by Crippen LogP contribution is 2.37. The molecule has 76 valence electrons. The summed E-state index contributed by atoms with van der Waals surface area (Å²) in [5.74, 6) is -0.543. The Kier molecular flexibility index (Phi) is 2.11. The third kappa shape index (κ3) is 1.72. The number of aliphatic hydroxyl groups is 1. The molecule has 0 bridgehead atoms. The van der Waals surface area contributed by atoms with E-state index in [4.69, 9.17) is 14.2 Å². The summed E-state index contributed by atoms with van der Waals surface area (Å²) >= 11 is 0. The summed E-state index contributed by atoms with van der Waals surface area (Å²) in [6.45, 7) is 5.45. The van der Waals surface area contributed by atoms with Crippen LogP contribution in [0.5, 0.6) is 0 Å². The first kappa shape index (κ1) is 9.40. The fourth-order valence-electron chi connectivity index (χ4n) is 1.85. The van der Waals surface area contributed by atoms with Crippen LogP contribution in [-0.4, -0.2) is 35.5 Å². The van der Waals surface area contributed by atoms with E-state index in [0.717, 1.165) is 0 Å². The van der Waals surface area contributed by atoms with Crippen LogP contribution in [0.2, 0.25) is 0 Å². The van der Waals surface area contributed by atoms with Gasteiger partial charge >= 0.3 is 0 Å². The zero-order valence-electron chi connectivity index (χ0n) is 8.19. The van der Waals surface area contributed by atoms with Gasteiger partial charge in [-0.2, -0.15) is 0 Å². The maximum absolute atomic E-state index is 9.30. The molecule has 0 amide bonds. The normalized spacial score (nSPS) is 44.8. The molecule has 4 atom stereocenters. The largest absolute Gasteiger partial charge is 0.391 e. The van der Waals surface area contributed by atoms with Gasteiger partial charge in [0.1, 0.15) is 6.10 Å². The van der Waals surface area contributed by atoms with Gasteiger partial charge in [0.25, 0.3) is 0 Å². The minimum absolute atomic E-state index is 0.0189. The molecule has 2 saturated heterocycles. The minimum Gasteiger partial charge on any atom is -0.391 e. The molecule has 2 aliphatic rings. The van der Waals surface area contributed by atoms with Crippen LogP contribution in [0.25, 0.3) is 0 Å². The molecular weight excluding hydrogens is 172 g/mol. The SMILES string of the molecule is C[C@@H](O)[C@@H]1CC2OC(C)(C)OC2O1. The lowest BCUT2D eigenvalue weighted by molar-refractivity contribution is -0.212. The molecule has 0 aromatic carbocycles. The topological polar surface area (TPSA) is 47.9 Å². The molecule has 0 saturated carbocycles. The fraction of sp³-hybridized carbons (Fsp3) is 1.00. The molecule has 0 aromatic rings. The highest BCUT2D eigenvalue weighted by molar-refractivity contribution is 4.86. The highest BCUT2D eigenvalue weighted by atomic mass is 16.8. The number of fused-ring (bicyclic) bond motifs is 1. The van der Waals surface area contributed by atoms with Gasteiger partial charge in [0, 0.05) is 6.42 Å². The zero-order chi connectivity index (χ0) is 9.64. The lowest BCUT2D eigenvalue weighted by Crippen LogP contribution is -2.28. The second kappa shape index (κ2) is 2.92. The molecule has 0 aromatic heterocycles. The Morgan fingerprint density at radius 2 is 2.08 bits per heavy atom.